The van der Waals surface area contributed by atoms with E-state index in [0.717, 1.165) is 0 Å². The van der Waals surface area contributed by atoms with Gasteiger partial charge in [-0.25, -0.2) is 0 Å². The number of carbonyl (C=O) groups is 2. The molecule has 1 unspecified atom stereocenters. The number of hydrogen-bond acceptors (Lipinski definition) is 6. The van der Waals surface area contributed by atoms with Gasteiger partial charge in [-0.05, 0) is 53.9 Å². The van der Waals surface area contributed by atoms with Crippen LogP contribution in [0, 0.1) is 11.3 Å². The number of methoxy groups -OCH3 is 1. The van der Waals surface area contributed by atoms with Crippen molar-refractivity contribution in [1.29, 1.82) is 5.26 Å². The third-order valence-corrected chi connectivity index (χ3v) is 6.19. The van der Waals surface area contributed by atoms with Crippen molar-refractivity contribution in [2.45, 2.75) is 6.04 Å². The number of rotatable bonds is 4. The molecule has 1 amide bonds. The average Bonchev–Trinajstić information content (AvgIpc) is 3.41. The van der Waals surface area contributed by atoms with Crippen molar-refractivity contribution in [1.82, 2.24) is 0 Å². The monoisotopic (exact) mass is 450 g/mol. The van der Waals surface area contributed by atoms with E-state index in [1.807, 2.05) is 17.5 Å². The Hall–Kier alpha value is -3.60. The Bertz CT molecular complexity index is 1240. The van der Waals surface area contributed by atoms with Crippen LogP contribution in [0.1, 0.15) is 22.0 Å². The fourth-order valence-electron chi connectivity index (χ4n) is 3.47. The summed E-state index contributed by atoms with van der Waals surface area (Å²) in [5.74, 6) is -1.54. The minimum absolute atomic E-state index is 0.0267. The van der Waals surface area contributed by atoms with E-state index in [1.54, 1.807) is 42.5 Å². The fraction of sp³-hybridized carbons (Fsp3) is 0.0870. The SMILES string of the molecule is COc1cc(/C(O)=C2/C(=O)C(=O)N(c3ccc(C#N)cc3)C2c2cccs2)ccc1Cl. The predicted molar refractivity (Wildman–Crippen MR) is 118 cm³/mol. The van der Waals surface area contributed by atoms with E-state index in [9.17, 15) is 14.7 Å². The minimum Gasteiger partial charge on any atom is -0.507 e. The van der Waals surface area contributed by atoms with Crippen molar-refractivity contribution >= 4 is 46.1 Å². The summed E-state index contributed by atoms with van der Waals surface area (Å²) in [6, 6.07) is 15.8. The summed E-state index contributed by atoms with van der Waals surface area (Å²) in [6.45, 7) is 0. The topological polar surface area (TPSA) is 90.6 Å². The molecule has 0 spiro atoms. The first-order valence-corrected chi connectivity index (χ1v) is 10.4. The number of Topliss-reactive ketones (excluding diaryl/α,β-unsaturated/α-hetero) is 1. The highest BCUT2D eigenvalue weighted by atomic mass is 35.5. The number of thiophene rings is 1. The normalized spacial score (nSPS) is 17.6. The average molecular weight is 451 g/mol. The second-order valence-corrected chi connectivity index (χ2v) is 8.08. The highest BCUT2D eigenvalue weighted by Crippen LogP contribution is 2.44. The van der Waals surface area contributed by atoms with Crippen molar-refractivity contribution < 1.29 is 19.4 Å². The molecule has 1 aromatic heterocycles. The van der Waals surface area contributed by atoms with Gasteiger partial charge in [0.2, 0.25) is 0 Å². The molecule has 1 fully saturated rings. The number of benzene rings is 2. The molecule has 2 heterocycles. The van der Waals surface area contributed by atoms with E-state index in [4.69, 9.17) is 21.6 Å². The fourth-order valence-corrected chi connectivity index (χ4v) is 4.49. The Balaban J connectivity index is 1.90. The number of aliphatic hydroxyl groups is 1. The number of halogens is 1. The molecule has 0 aliphatic carbocycles. The first-order chi connectivity index (χ1) is 15.0. The molecule has 1 aliphatic rings. The number of ether oxygens (including phenoxy) is 1. The van der Waals surface area contributed by atoms with Crippen LogP contribution in [0.25, 0.3) is 5.76 Å². The summed E-state index contributed by atoms with van der Waals surface area (Å²) in [7, 11) is 1.44. The smallest absolute Gasteiger partial charge is 0.300 e. The van der Waals surface area contributed by atoms with Gasteiger partial charge in [-0.15, -0.1) is 11.3 Å². The number of nitriles is 1. The molecule has 31 heavy (non-hydrogen) atoms. The summed E-state index contributed by atoms with van der Waals surface area (Å²) >= 11 is 7.44. The molecule has 0 bridgehead atoms. The van der Waals surface area contributed by atoms with Crippen LogP contribution < -0.4 is 9.64 Å². The highest BCUT2D eigenvalue weighted by molar-refractivity contribution is 7.10. The Morgan fingerprint density at radius 1 is 1.19 bits per heavy atom. The van der Waals surface area contributed by atoms with E-state index < -0.39 is 17.7 Å². The standard InChI is InChI=1S/C23H15ClN2O4S/c1-30-17-11-14(6-9-16(17)24)21(27)19-20(18-3-2-10-31-18)26(23(29)22(19)28)15-7-4-13(12-25)5-8-15/h2-11,20,27H,1H3/b21-19-. The van der Waals surface area contributed by atoms with Crippen LogP contribution in [-0.4, -0.2) is 23.9 Å². The second-order valence-electron chi connectivity index (χ2n) is 6.69. The van der Waals surface area contributed by atoms with Gasteiger partial charge in [0.15, 0.2) is 0 Å². The zero-order valence-corrected chi connectivity index (χ0v) is 17.8. The maximum atomic E-state index is 13.0. The molecular formula is C23H15ClN2O4S. The Labute approximate surface area is 187 Å². The summed E-state index contributed by atoms with van der Waals surface area (Å²) in [6.07, 6.45) is 0. The van der Waals surface area contributed by atoms with E-state index in [-0.39, 0.29) is 11.3 Å². The number of carbonyl (C=O) groups excluding carboxylic acids is 2. The van der Waals surface area contributed by atoms with Crippen LogP contribution in [-0.2, 0) is 9.59 Å². The minimum atomic E-state index is -0.811. The molecule has 3 aromatic rings. The van der Waals surface area contributed by atoms with E-state index in [0.29, 0.717) is 32.5 Å². The number of amides is 1. The van der Waals surface area contributed by atoms with Gasteiger partial charge in [-0.2, -0.15) is 5.26 Å². The molecule has 0 radical (unpaired) electrons. The lowest BCUT2D eigenvalue weighted by atomic mass is 9.99. The quantitative estimate of drug-likeness (QED) is 0.346. The van der Waals surface area contributed by atoms with Crippen molar-refractivity contribution in [3.8, 4) is 11.8 Å². The van der Waals surface area contributed by atoms with Crippen LogP contribution in [0.5, 0.6) is 5.75 Å². The molecule has 154 valence electrons. The number of ketones is 1. The number of nitrogens with zero attached hydrogens (tertiary/aromatic N) is 2. The van der Waals surface area contributed by atoms with Crippen molar-refractivity contribution in [2.75, 3.05) is 12.0 Å². The third-order valence-electron chi connectivity index (χ3n) is 4.96. The van der Waals surface area contributed by atoms with Gasteiger partial charge in [0.25, 0.3) is 11.7 Å². The molecule has 1 atom stereocenters. The van der Waals surface area contributed by atoms with Gasteiger partial charge in [-0.3, -0.25) is 14.5 Å². The molecule has 2 aromatic carbocycles. The number of aliphatic hydroxyl groups excluding tert-OH is 1. The molecule has 1 aliphatic heterocycles. The van der Waals surface area contributed by atoms with Crippen LogP contribution in [0.3, 0.4) is 0 Å². The zero-order chi connectivity index (χ0) is 22.1. The molecule has 0 saturated carbocycles. The van der Waals surface area contributed by atoms with Crippen LogP contribution >= 0.6 is 22.9 Å². The lowest BCUT2D eigenvalue weighted by Gasteiger charge is -2.24. The van der Waals surface area contributed by atoms with Crippen molar-refractivity contribution in [3.05, 3.63) is 86.6 Å². The highest BCUT2D eigenvalue weighted by Gasteiger charge is 2.47. The van der Waals surface area contributed by atoms with Crippen LogP contribution in [0.4, 0.5) is 5.69 Å². The molecule has 1 saturated heterocycles. The predicted octanol–water partition coefficient (Wildman–Crippen LogP) is 4.91. The summed E-state index contributed by atoms with van der Waals surface area (Å²) in [5.41, 5.74) is 1.16. The van der Waals surface area contributed by atoms with Gasteiger partial charge in [0.05, 0.1) is 29.3 Å². The van der Waals surface area contributed by atoms with Gasteiger partial charge >= 0.3 is 0 Å². The van der Waals surface area contributed by atoms with Gasteiger partial charge in [0.1, 0.15) is 17.6 Å². The second kappa shape index (κ2) is 8.26. The van der Waals surface area contributed by atoms with E-state index in [1.165, 1.54) is 29.4 Å². The summed E-state index contributed by atoms with van der Waals surface area (Å²) < 4.78 is 5.21. The molecular weight excluding hydrogens is 436 g/mol. The first-order valence-electron chi connectivity index (χ1n) is 9.14. The molecule has 8 heteroatoms. The summed E-state index contributed by atoms with van der Waals surface area (Å²) in [4.78, 5) is 28.1. The molecule has 6 nitrogen and oxygen atoms in total. The maximum Gasteiger partial charge on any atom is 0.300 e. The lowest BCUT2D eigenvalue weighted by Crippen LogP contribution is -2.29. The van der Waals surface area contributed by atoms with Crippen LogP contribution in [0.2, 0.25) is 5.02 Å². The summed E-state index contributed by atoms with van der Waals surface area (Å²) in [5, 5.41) is 22.3. The molecule has 1 N–H and O–H groups in total. The first kappa shape index (κ1) is 20.7. The number of anilines is 1. The van der Waals surface area contributed by atoms with Crippen molar-refractivity contribution in [3.63, 3.8) is 0 Å². The van der Waals surface area contributed by atoms with Gasteiger partial charge in [0, 0.05) is 16.1 Å². The van der Waals surface area contributed by atoms with Crippen molar-refractivity contribution in [2.24, 2.45) is 0 Å². The van der Waals surface area contributed by atoms with Crippen LogP contribution in [0.15, 0.2) is 65.6 Å². The number of hydrogen-bond donors (Lipinski definition) is 1. The lowest BCUT2D eigenvalue weighted by molar-refractivity contribution is -0.132. The van der Waals surface area contributed by atoms with E-state index >= 15 is 0 Å². The zero-order valence-electron chi connectivity index (χ0n) is 16.2. The molecule has 4 rings (SSSR count). The maximum absolute atomic E-state index is 13.0. The Kier molecular flexibility index (Phi) is 5.51. The van der Waals surface area contributed by atoms with Gasteiger partial charge in [-0.1, -0.05) is 17.7 Å². The van der Waals surface area contributed by atoms with Gasteiger partial charge < -0.3 is 9.84 Å². The Morgan fingerprint density at radius 2 is 1.94 bits per heavy atom. The third kappa shape index (κ3) is 3.56. The largest absolute Gasteiger partial charge is 0.507 e. The van der Waals surface area contributed by atoms with E-state index in [2.05, 4.69) is 0 Å². The Morgan fingerprint density at radius 3 is 2.55 bits per heavy atom.